The van der Waals surface area contributed by atoms with Gasteiger partial charge in [-0.3, -0.25) is 4.79 Å². The van der Waals surface area contributed by atoms with Crippen molar-refractivity contribution in [2.75, 3.05) is 11.9 Å². The standard InChI is InChI=1S/C14H17BrFNO/c1-9-3-4-12(16)11(7-9)14(18)17-6-5-10(2)13(17)8-15/h3-4,7,10,13H,5-6,8H2,1-2H3. The van der Waals surface area contributed by atoms with E-state index in [-0.39, 0.29) is 17.5 Å². The van der Waals surface area contributed by atoms with Gasteiger partial charge in [-0.25, -0.2) is 4.39 Å². The summed E-state index contributed by atoms with van der Waals surface area (Å²) in [6, 6.07) is 4.84. The first kappa shape index (κ1) is 13.5. The molecule has 0 radical (unpaired) electrons. The molecule has 2 rings (SSSR count). The monoisotopic (exact) mass is 313 g/mol. The van der Waals surface area contributed by atoms with Gasteiger partial charge in [0.1, 0.15) is 5.82 Å². The predicted molar refractivity (Wildman–Crippen MR) is 73.5 cm³/mol. The molecule has 1 aliphatic heterocycles. The number of alkyl halides is 1. The zero-order valence-electron chi connectivity index (χ0n) is 10.6. The molecule has 1 heterocycles. The fourth-order valence-corrected chi connectivity index (χ4v) is 3.44. The van der Waals surface area contributed by atoms with E-state index < -0.39 is 5.82 Å². The minimum absolute atomic E-state index is 0.164. The predicted octanol–water partition coefficient (Wildman–Crippen LogP) is 3.38. The maximum Gasteiger partial charge on any atom is 0.257 e. The van der Waals surface area contributed by atoms with Crippen molar-refractivity contribution < 1.29 is 9.18 Å². The van der Waals surface area contributed by atoms with E-state index in [9.17, 15) is 9.18 Å². The molecule has 18 heavy (non-hydrogen) atoms. The van der Waals surface area contributed by atoms with Crippen LogP contribution >= 0.6 is 15.9 Å². The molecule has 1 aromatic carbocycles. The molecule has 2 unspecified atom stereocenters. The number of carbonyl (C=O) groups is 1. The van der Waals surface area contributed by atoms with Gasteiger partial charge in [0.05, 0.1) is 5.56 Å². The lowest BCUT2D eigenvalue weighted by molar-refractivity contribution is 0.0734. The molecule has 98 valence electrons. The van der Waals surface area contributed by atoms with Crippen molar-refractivity contribution in [2.24, 2.45) is 5.92 Å². The van der Waals surface area contributed by atoms with E-state index in [2.05, 4.69) is 22.9 Å². The number of hydrogen-bond donors (Lipinski definition) is 0. The average Bonchev–Trinajstić information content (AvgIpc) is 2.72. The number of aryl methyl sites for hydroxylation is 1. The highest BCUT2D eigenvalue weighted by Crippen LogP contribution is 2.27. The van der Waals surface area contributed by atoms with Crippen LogP contribution < -0.4 is 0 Å². The highest BCUT2D eigenvalue weighted by molar-refractivity contribution is 9.09. The van der Waals surface area contributed by atoms with E-state index in [0.29, 0.717) is 12.5 Å². The van der Waals surface area contributed by atoms with Gasteiger partial charge in [-0.1, -0.05) is 34.5 Å². The molecule has 0 bridgehead atoms. The second-order valence-electron chi connectivity index (χ2n) is 4.97. The molecule has 1 aromatic rings. The maximum atomic E-state index is 13.7. The molecule has 2 nitrogen and oxygen atoms in total. The van der Waals surface area contributed by atoms with Crippen LogP contribution in [0.25, 0.3) is 0 Å². The maximum absolute atomic E-state index is 13.7. The number of nitrogens with zero attached hydrogens (tertiary/aromatic N) is 1. The van der Waals surface area contributed by atoms with Crippen molar-refractivity contribution in [3.05, 3.63) is 35.1 Å². The van der Waals surface area contributed by atoms with Gasteiger partial charge < -0.3 is 4.90 Å². The van der Waals surface area contributed by atoms with Crippen molar-refractivity contribution in [2.45, 2.75) is 26.3 Å². The lowest BCUT2D eigenvalue weighted by atomic mass is 10.0. The van der Waals surface area contributed by atoms with Crippen LogP contribution in [0.5, 0.6) is 0 Å². The Hall–Kier alpha value is -0.900. The van der Waals surface area contributed by atoms with Crippen molar-refractivity contribution in [1.29, 1.82) is 0 Å². The van der Waals surface area contributed by atoms with E-state index in [1.807, 2.05) is 6.92 Å². The molecule has 0 spiro atoms. The van der Waals surface area contributed by atoms with E-state index in [1.165, 1.54) is 6.07 Å². The highest BCUT2D eigenvalue weighted by Gasteiger charge is 2.34. The normalized spacial score (nSPS) is 23.4. The Balaban J connectivity index is 2.28. The summed E-state index contributed by atoms with van der Waals surface area (Å²) in [7, 11) is 0. The molecule has 0 aromatic heterocycles. The molecule has 0 N–H and O–H groups in total. The highest BCUT2D eigenvalue weighted by atomic mass is 79.9. The van der Waals surface area contributed by atoms with Crippen LogP contribution in [0.3, 0.4) is 0 Å². The van der Waals surface area contributed by atoms with E-state index in [4.69, 9.17) is 0 Å². The van der Waals surface area contributed by atoms with Crippen molar-refractivity contribution in [1.82, 2.24) is 4.90 Å². The van der Waals surface area contributed by atoms with Crippen LogP contribution in [0.1, 0.15) is 29.3 Å². The van der Waals surface area contributed by atoms with Crippen LogP contribution in [-0.4, -0.2) is 28.7 Å². The minimum Gasteiger partial charge on any atom is -0.334 e. The van der Waals surface area contributed by atoms with Crippen molar-refractivity contribution >= 4 is 21.8 Å². The summed E-state index contributed by atoms with van der Waals surface area (Å²) in [5, 5.41) is 0.743. The van der Waals surface area contributed by atoms with Gasteiger partial charge in [0.25, 0.3) is 5.91 Å². The number of carbonyl (C=O) groups excluding carboxylic acids is 1. The van der Waals surface area contributed by atoms with Crippen LogP contribution in [0, 0.1) is 18.7 Å². The Morgan fingerprint density at radius 1 is 1.56 bits per heavy atom. The fourth-order valence-electron chi connectivity index (χ4n) is 2.45. The molecule has 1 saturated heterocycles. The third-order valence-electron chi connectivity index (χ3n) is 3.65. The summed E-state index contributed by atoms with van der Waals surface area (Å²) in [6.07, 6.45) is 0.982. The van der Waals surface area contributed by atoms with Crippen molar-refractivity contribution in [3.63, 3.8) is 0 Å². The number of rotatable bonds is 2. The Kier molecular flexibility index (Phi) is 4.05. The third-order valence-corrected chi connectivity index (χ3v) is 4.32. The first-order valence-corrected chi connectivity index (χ1v) is 7.30. The van der Waals surface area contributed by atoms with Gasteiger partial charge in [0, 0.05) is 17.9 Å². The van der Waals surface area contributed by atoms with Crippen molar-refractivity contribution in [3.8, 4) is 0 Å². The molecule has 1 aliphatic rings. The zero-order valence-corrected chi connectivity index (χ0v) is 12.2. The summed E-state index contributed by atoms with van der Waals surface area (Å²) in [5.74, 6) is -0.162. The summed E-state index contributed by atoms with van der Waals surface area (Å²) in [5.41, 5.74) is 1.09. The van der Waals surface area contributed by atoms with Crippen LogP contribution in [-0.2, 0) is 0 Å². The fraction of sp³-hybridized carbons (Fsp3) is 0.500. The smallest absolute Gasteiger partial charge is 0.257 e. The first-order chi connectivity index (χ1) is 8.54. The van der Waals surface area contributed by atoms with E-state index in [1.54, 1.807) is 17.0 Å². The van der Waals surface area contributed by atoms with Gasteiger partial charge in [0.15, 0.2) is 0 Å². The van der Waals surface area contributed by atoms with Gasteiger partial charge in [-0.15, -0.1) is 0 Å². The molecule has 4 heteroatoms. The third kappa shape index (κ3) is 2.44. The Bertz CT molecular complexity index is 463. The van der Waals surface area contributed by atoms with E-state index in [0.717, 1.165) is 17.3 Å². The van der Waals surface area contributed by atoms with E-state index >= 15 is 0 Å². The Morgan fingerprint density at radius 2 is 2.28 bits per heavy atom. The summed E-state index contributed by atoms with van der Waals surface area (Å²) in [6.45, 7) is 4.71. The molecule has 2 atom stereocenters. The molecular weight excluding hydrogens is 297 g/mol. The van der Waals surface area contributed by atoms with Crippen LogP contribution in [0.15, 0.2) is 18.2 Å². The molecule has 0 aliphatic carbocycles. The van der Waals surface area contributed by atoms with Gasteiger partial charge >= 0.3 is 0 Å². The van der Waals surface area contributed by atoms with Gasteiger partial charge in [-0.05, 0) is 31.4 Å². The molecule has 1 amide bonds. The number of benzene rings is 1. The minimum atomic E-state index is -0.432. The Labute approximate surface area is 115 Å². The average molecular weight is 314 g/mol. The quantitative estimate of drug-likeness (QED) is 0.766. The van der Waals surface area contributed by atoms with Gasteiger partial charge in [-0.2, -0.15) is 0 Å². The zero-order chi connectivity index (χ0) is 13.3. The molecule has 1 fully saturated rings. The van der Waals surface area contributed by atoms with Crippen LogP contribution in [0.2, 0.25) is 0 Å². The lowest BCUT2D eigenvalue weighted by Crippen LogP contribution is -2.39. The second kappa shape index (κ2) is 5.39. The van der Waals surface area contributed by atoms with Crippen LogP contribution in [0.4, 0.5) is 4.39 Å². The lowest BCUT2D eigenvalue weighted by Gasteiger charge is -2.25. The summed E-state index contributed by atoms with van der Waals surface area (Å²) >= 11 is 3.44. The first-order valence-electron chi connectivity index (χ1n) is 6.17. The number of likely N-dealkylation sites (tertiary alicyclic amines) is 1. The second-order valence-corrected chi connectivity index (χ2v) is 5.62. The summed E-state index contributed by atoms with van der Waals surface area (Å²) in [4.78, 5) is 14.2. The van der Waals surface area contributed by atoms with Gasteiger partial charge in [0.2, 0.25) is 0 Å². The summed E-state index contributed by atoms with van der Waals surface area (Å²) < 4.78 is 13.7. The SMILES string of the molecule is Cc1ccc(F)c(C(=O)N2CCC(C)C2CBr)c1. The molecule has 0 saturated carbocycles. The Morgan fingerprint density at radius 3 is 2.94 bits per heavy atom. The number of halogens is 2. The largest absolute Gasteiger partial charge is 0.334 e. The number of hydrogen-bond acceptors (Lipinski definition) is 1. The number of amides is 1. The molecular formula is C14H17BrFNO. The topological polar surface area (TPSA) is 20.3 Å².